The Kier molecular flexibility index (Phi) is 8.53. The number of nitrogens with one attached hydrogen (secondary N) is 2. The van der Waals surface area contributed by atoms with Gasteiger partial charge in [-0.05, 0) is 28.3 Å². The van der Waals surface area contributed by atoms with Gasteiger partial charge in [0.1, 0.15) is 5.01 Å². The van der Waals surface area contributed by atoms with Crippen molar-refractivity contribution >= 4 is 52.6 Å². The molecule has 1 unspecified atom stereocenters. The summed E-state index contributed by atoms with van der Waals surface area (Å²) in [6, 6.07) is 12.4. The summed E-state index contributed by atoms with van der Waals surface area (Å²) < 4.78 is 0. The van der Waals surface area contributed by atoms with Gasteiger partial charge >= 0.3 is 0 Å². The molecule has 0 aliphatic carbocycles. The fraction of sp³-hybridized carbons (Fsp3) is 0.263. The van der Waals surface area contributed by atoms with Crippen LogP contribution >= 0.6 is 46.7 Å². The third-order valence-electron chi connectivity index (χ3n) is 3.94. The summed E-state index contributed by atoms with van der Waals surface area (Å²) in [6.45, 7) is 3.74. The number of hydrogen-bond donors (Lipinski definition) is 2. The third-order valence-corrected chi connectivity index (χ3v) is 5.49. The maximum Gasteiger partial charge on any atom is 0.191 e. The van der Waals surface area contributed by atoms with E-state index in [0.29, 0.717) is 12.5 Å². The molecule has 0 spiro atoms. The van der Waals surface area contributed by atoms with E-state index in [9.17, 15) is 0 Å². The Morgan fingerprint density at radius 2 is 1.96 bits per heavy atom. The quantitative estimate of drug-likeness (QED) is 0.287. The maximum absolute atomic E-state index is 4.70. The van der Waals surface area contributed by atoms with E-state index in [1.54, 1.807) is 29.7 Å². The topological polar surface area (TPSA) is 49.3 Å². The maximum atomic E-state index is 4.70. The van der Waals surface area contributed by atoms with Crippen LogP contribution in [0.25, 0.3) is 11.3 Å². The minimum atomic E-state index is 0. The number of thiazole rings is 1. The van der Waals surface area contributed by atoms with Crippen molar-refractivity contribution in [2.75, 3.05) is 13.6 Å². The molecule has 26 heavy (non-hydrogen) atoms. The molecule has 0 bridgehead atoms. The van der Waals surface area contributed by atoms with E-state index in [1.807, 2.05) is 18.2 Å². The third kappa shape index (κ3) is 5.78. The van der Waals surface area contributed by atoms with Crippen LogP contribution in [0.5, 0.6) is 0 Å². The lowest BCUT2D eigenvalue weighted by molar-refractivity contribution is 0.700. The number of guanidine groups is 1. The van der Waals surface area contributed by atoms with Crippen LogP contribution in [0, 0.1) is 0 Å². The minimum absolute atomic E-state index is 0. The van der Waals surface area contributed by atoms with E-state index in [1.165, 1.54) is 5.56 Å². The molecule has 0 aliphatic heterocycles. The van der Waals surface area contributed by atoms with Crippen LogP contribution in [0.1, 0.15) is 23.4 Å². The molecule has 1 aromatic carbocycles. The van der Waals surface area contributed by atoms with Crippen LogP contribution in [0.3, 0.4) is 0 Å². The van der Waals surface area contributed by atoms with Gasteiger partial charge in [-0.2, -0.15) is 11.3 Å². The summed E-state index contributed by atoms with van der Waals surface area (Å²) >= 11 is 3.40. The lowest BCUT2D eigenvalue weighted by atomic mass is 10.1. The van der Waals surface area contributed by atoms with Gasteiger partial charge in [0.2, 0.25) is 0 Å². The van der Waals surface area contributed by atoms with Crippen molar-refractivity contribution in [3.63, 3.8) is 0 Å². The van der Waals surface area contributed by atoms with Crippen molar-refractivity contribution in [2.24, 2.45) is 4.99 Å². The van der Waals surface area contributed by atoms with Gasteiger partial charge in [0.25, 0.3) is 0 Å². The fourth-order valence-electron chi connectivity index (χ4n) is 2.44. The van der Waals surface area contributed by atoms with Crippen molar-refractivity contribution < 1.29 is 0 Å². The Morgan fingerprint density at radius 3 is 2.65 bits per heavy atom. The first-order valence-electron chi connectivity index (χ1n) is 8.22. The minimum Gasteiger partial charge on any atom is -0.356 e. The predicted octanol–water partition coefficient (Wildman–Crippen LogP) is 4.96. The van der Waals surface area contributed by atoms with Crippen LogP contribution < -0.4 is 10.6 Å². The van der Waals surface area contributed by atoms with E-state index in [4.69, 9.17) is 4.98 Å². The van der Waals surface area contributed by atoms with Gasteiger partial charge in [-0.15, -0.1) is 35.3 Å². The van der Waals surface area contributed by atoms with Crippen molar-refractivity contribution in [1.82, 2.24) is 15.6 Å². The molecule has 2 N–H and O–H groups in total. The second-order valence-corrected chi connectivity index (χ2v) is 7.48. The molecular weight excluding hydrogens is 475 g/mol. The van der Waals surface area contributed by atoms with Crippen LogP contribution in [-0.4, -0.2) is 24.5 Å². The van der Waals surface area contributed by atoms with E-state index in [0.717, 1.165) is 28.8 Å². The van der Waals surface area contributed by atoms with Crippen LogP contribution in [0.4, 0.5) is 0 Å². The van der Waals surface area contributed by atoms with Crippen LogP contribution in [-0.2, 0) is 6.54 Å². The van der Waals surface area contributed by atoms with E-state index < -0.39 is 0 Å². The number of benzene rings is 1. The molecule has 1 atom stereocenters. The Hall–Kier alpha value is -1.45. The Balaban J connectivity index is 0.00000243. The summed E-state index contributed by atoms with van der Waals surface area (Å²) in [5.74, 6) is 1.26. The predicted molar refractivity (Wildman–Crippen MR) is 124 cm³/mol. The largest absolute Gasteiger partial charge is 0.356 e. The summed E-state index contributed by atoms with van der Waals surface area (Å²) in [5, 5.41) is 14.2. The molecule has 7 heteroatoms. The van der Waals surface area contributed by atoms with Crippen molar-refractivity contribution in [1.29, 1.82) is 0 Å². The van der Waals surface area contributed by atoms with Crippen LogP contribution in [0.2, 0.25) is 0 Å². The highest BCUT2D eigenvalue weighted by molar-refractivity contribution is 14.0. The molecule has 0 amide bonds. The summed E-state index contributed by atoms with van der Waals surface area (Å²) in [5.41, 5.74) is 3.54. The molecular formula is C19H23IN4S2. The van der Waals surface area contributed by atoms with Crippen molar-refractivity contribution in [2.45, 2.75) is 19.4 Å². The van der Waals surface area contributed by atoms with Gasteiger partial charge in [-0.3, -0.25) is 4.99 Å². The molecule has 0 fully saturated rings. The molecule has 0 radical (unpaired) electrons. The molecule has 3 rings (SSSR count). The first-order valence-corrected chi connectivity index (χ1v) is 10.0. The van der Waals surface area contributed by atoms with Crippen molar-refractivity contribution in [3.8, 4) is 11.3 Å². The zero-order valence-corrected chi connectivity index (χ0v) is 18.8. The normalized spacial score (nSPS) is 12.3. The Bertz CT molecular complexity index is 800. The summed E-state index contributed by atoms with van der Waals surface area (Å²) in [6.07, 6.45) is 0. The van der Waals surface area contributed by atoms with Gasteiger partial charge in [0, 0.05) is 24.5 Å². The zero-order chi connectivity index (χ0) is 17.5. The molecule has 0 saturated carbocycles. The Morgan fingerprint density at radius 1 is 1.15 bits per heavy atom. The van der Waals surface area contributed by atoms with E-state index in [2.05, 4.69) is 56.9 Å². The second kappa shape index (κ2) is 10.6. The number of rotatable bonds is 6. The second-order valence-electron chi connectivity index (χ2n) is 5.76. The first-order chi connectivity index (χ1) is 12.3. The van der Waals surface area contributed by atoms with Gasteiger partial charge in [0.05, 0.1) is 12.2 Å². The molecule has 2 heterocycles. The van der Waals surface area contributed by atoms with Gasteiger partial charge in [-0.25, -0.2) is 4.98 Å². The average Bonchev–Trinajstić information content (AvgIpc) is 3.34. The monoisotopic (exact) mass is 498 g/mol. The van der Waals surface area contributed by atoms with Gasteiger partial charge in [0.15, 0.2) is 5.96 Å². The number of thiophene rings is 1. The van der Waals surface area contributed by atoms with Crippen LogP contribution in [0.15, 0.2) is 57.5 Å². The van der Waals surface area contributed by atoms with E-state index >= 15 is 0 Å². The number of halogens is 1. The van der Waals surface area contributed by atoms with Crippen molar-refractivity contribution in [3.05, 3.63) is 63.1 Å². The Labute approximate surface area is 179 Å². The lowest BCUT2D eigenvalue weighted by Crippen LogP contribution is -2.38. The fourth-order valence-corrected chi connectivity index (χ4v) is 3.96. The molecule has 0 saturated heterocycles. The molecule has 3 aromatic rings. The van der Waals surface area contributed by atoms with E-state index in [-0.39, 0.29) is 24.0 Å². The number of nitrogens with zero attached hydrogens (tertiary/aromatic N) is 2. The highest BCUT2D eigenvalue weighted by Gasteiger charge is 2.08. The number of hydrogen-bond acceptors (Lipinski definition) is 4. The average molecular weight is 498 g/mol. The summed E-state index contributed by atoms with van der Waals surface area (Å²) in [7, 11) is 1.79. The summed E-state index contributed by atoms with van der Waals surface area (Å²) in [4.78, 5) is 8.99. The number of aromatic nitrogens is 1. The molecule has 2 aromatic heterocycles. The SMILES string of the molecule is CN=C(NCc1nc(-c2ccccc2)cs1)NCC(C)c1ccsc1.I. The first kappa shape index (κ1) is 20.9. The highest BCUT2D eigenvalue weighted by atomic mass is 127. The van der Waals surface area contributed by atoms with Gasteiger partial charge in [-0.1, -0.05) is 37.3 Å². The van der Waals surface area contributed by atoms with Gasteiger partial charge < -0.3 is 10.6 Å². The molecule has 4 nitrogen and oxygen atoms in total. The zero-order valence-electron chi connectivity index (χ0n) is 14.8. The lowest BCUT2D eigenvalue weighted by Gasteiger charge is -2.14. The number of aliphatic imine (C=N–C) groups is 1. The molecule has 0 aliphatic rings. The molecule has 138 valence electrons. The highest BCUT2D eigenvalue weighted by Crippen LogP contribution is 2.21. The standard InChI is InChI=1S/C19H22N4S2.HI/c1-14(16-8-9-24-12-16)10-21-19(20-2)22-11-18-23-17(13-25-18)15-6-4-3-5-7-15;/h3-9,12-14H,10-11H2,1-2H3,(H2,20,21,22);1H. The smallest absolute Gasteiger partial charge is 0.191 e.